The van der Waals surface area contributed by atoms with Gasteiger partial charge in [0.05, 0.1) is 6.26 Å². The van der Waals surface area contributed by atoms with Gasteiger partial charge in [0.25, 0.3) is 0 Å². The van der Waals surface area contributed by atoms with Crippen LogP contribution in [0.1, 0.15) is 25.7 Å². The number of carbonyl (C=O) groups is 1. The molecule has 1 fully saturated rings. The van der Waals surface area contributed by atoms with E-state index in [-0.39, 0.29) is 18.3 Å². The maximum atomic E-state index is 11.5. The maximum absolute atomic E-state index is 11.5. The number of rotatable bonds is 7. The maximum Gasteiger partial charge on any atom is 0.221 e. The third-order valence-corrected chi connectivity index (χ3v) is 3.36. The molecule has 8 heteroatoms. The van der Waals surface area contributed by atoms with Gasteiger partial charge in [-0.3, -0.25) is 4.79 Å². The fourth-order valence-corrected chi connectivity index (χ4v) is 2.32. The first kappa shape index (κ1) is 17.6. The van der Waals surface area contributed by atoms with Crippen LogP contribution in [-0.2, 0) is 14.8 Å². The lowest BCUT2D eigenvalue weighted by Gasteiger charge is -2.10. The molecule has 0 aromatic rings. The number of halogens is 1. The molecular weight excluding hydrogens is 278 g/mol. The predicted molar refractivity (Wildman–Crippen MR) is 73.4 cm³/mol. The minimum Gasteiger partial charge on any atom is -0.356 e. The second-order valence-corrected chi connectivity index (χ2v) is 6.20. The number of nitrogens with one attached hydrogen (secondary N) is 3. The molecule has 1 unspecified atom stereocenters. The summed E-state index contributed by atoms with van der Waals surface area (Å²) >= 11 is 0. The molecule has 0 aromatic carbocycles. The van der Waals surface area contributed by atoms with Gasteiger partial charge in [0, 0.05) is 25.6 Å². The summed E-state index contributed by atoms with van der Waals surface area (Å²) in [6.45, 7) is 1.87. The Morgan fingerprint density at radius 2 is 2.11 bits per heavy atom. The second kappa shape index (κ2) is 8.68. The molecule has 0 radical (unpaired) electrons. The highest BCUT2D eigenvalue weighted by Crippen LogP contribution is 2.07. The molecule has 18 heavy (non-hydrogen) atoms. The van der Waals surface area contributed by atoms with Gasteiger partial charge in [-0.25, -0.2) is 13.1 Å². The Kier molecular flexibility index (Phi) is 8.51. The third-order valence-electron chi connectivity index (χ3n) is 2.63. The molecule has 6 nitrogen and oxygen atoms in total. The first-order valence-corrected chi connectivity index (χ1v) is 7.81. The summed E-state index contributed by atoms with van der Waals surface area (Å²) < 4.78 is 23.9. The fourth-order valence-electron chi connectivity index (χ4n) is 1.80. The lowest BCUT2D eigenvalue weighted by Crippen LogP contribution is -2.33. The summed E-state index contributed by atoms with van der Waals surface area (Å²) in [6.07, 6.45) is 4.44. The Bertz CT molecular complexity index is 342. The molecule has 0 bridgehead atoms. The van der Waals surface area contributed by atoms with E-state index in [9.17, 15) is 13.2 Å². The zero-order chi connectivity index (χ0) is 12.7. The molecule has 1 rings (SSSR count). The first-order chi connectivity index (χ1) is 7.97. The van der Waals surface area contributed by atoms with E-state index in [0.29, 0.717) is 32.0 Å². The second-order valence-electron chi connectivity index (χ2n) is 4.37. The number of carbonyl (C=O) groups excluding carboxylic acids is 1. The Labute approximate surface area is 115 Å². The molecule has 0 spiro atoms. The Morgan fingerprint density at radius 3 is 2.67 bits per heavy atom. The number of amides is 1. The van der Waals surface area contributed by atoms with E-state index in [2.05, 4.69) is 15.4 Å². The van der Waals surface area contributed by atoms with Crippen LogP contribution >= 0.6 is 12.4 Å². The van der Waals surface area contributed by atoms with Gasteiger partial charge in [-0.05, 0) is 25.8 Å². The van der Waals surface area contributed by atoms with Crippen LogP contribution in [0.3, 0.4) is 0 Å². The van der Waals surface area contributed by atoms with Crippen LogP contribution < -0.4 is 15.4 Å². The molecule has 1 saturated heterocycles. The largest absolute Gasteiger partial charge is 0.356 e. The van der Waals surface area contributed by atoms with E-state index in [1.807, 2.05) is 0 Å². The molecule has 1 aliphatic rings. The van der Waals surface area contributed by atoms with Gasteiger partial charge in [0.15, 0.2) is 0 Å². The van der Waals surface area contributed by atoms with Crippen molar-refractivity contribution in [2.45, 2.75) is 31.7 Å². The third kappa shape index (κ3) is 8.68. The average molecular weight is 300 g/mol. The summed E-state index contributed by atoms with van der Waals surface area (Å²) in [4.78, 5) is 11.5. The van der Waals surface area contributed by atoms with Crippen LogP contribution in [0.4, 0.5) is 0 Å². The van der Waals surface area contributed by atoms with Gasteiger partial charge in [0.1, 0.15) is 0 Å². The summed E-state index contributed by atoms with van der Waals surface area (Å²) in [6, 6.07) is 0.309. The summed E-state index contributed by atoms with van der Waals surface area (Å²) in [7, 11) is -3.12. The highest BCUT2D eigenvalue weighted by Gasteiger charge is 2.16. The number of sulfonamides is 1. The van der Waals surface area contributed by atoms with Crippen LogP contribution in [0, 0.1) is 0 Å². The Hall–Kier alpha value is -0.370. The van der Waals surface area contributed by atoms with E-state index < -0.39 is 10.0 Å². The lowest BCUT2D eigenvalue weighted by atomic mass is 10.1. The van der Waals surface area contributed by atoms with E-state index >= 15 is 0 Å². The molecular formula is C10H22ClN3O3S. The molecule has 1 atom stereocenters. The molecule has 0 aromatic heterocycles. The van der Waals surface area contributed by atoms with Crippen molar-refractivity contribution in [2.75, 3.05) is 25.9 Å². The van der Waals surface area contributed by atoms with Crippen molar-refractivity contribution in [3.63, 3.8) is 0 Å². The van der Waals surface area contributed by atoms with E-state index in [0.717, 1.165) is 25.6 Å². The van der Waals surface area contributed by atoms with Crippen molar-refractivity contribution in [3.8, 4) is 0 Å². The van der Waals surface area contributed by atoms with Crippen molar-refractivity contribution in [1.82, 2.24) is 15.4 Å². The zero-order valence-corrected chi connectivity index (χ0v) is 12.2. The van der Waals surface area contributed by atoms with E-state index in [4.69, 9.17) is 0 Å². The van der Waals surface area contributed by atoms with Gasteiger partial charge in [-0.1, -0.05) is 0 Å². The van der Waals surface area contributed by atoms with Crippen molar-refractivity contribution in [3.05, 3.63) is 0 Å². The van der Waals surface area contributed by atoms with Crippen LogP contribution in [0.2, 0.25) is 0 Å². The monoisotopic (exact) mass is 299 g/mol. The van der Waals surface area contributed by atoms with E-state index in [1.165, 1.54) is 0 Å². The standard InChI is InChI=1S/C10H21N3O3S.ClH/c1-17(15,16)13-7-3-6-12-10(14)8-9-4-2-5-11-9;/h9,11,13H,2-8H2,1H3,(H,12,14);1H. The number of hydrogen-bond acceptors (Lipinski definition) is 4. The highest BCUT2D eigenvalue weighted by molar-refractivity contribution is 7.88. The summed E-state index contributed by atoms with van der Waals surface area (Å²) in [5.41, 5.74) is 0. The van der Waals surface area contributed by atoms with Gasteiger partial charge in [0.2, 0.25) is 15.9 Å². The van der Waals surface area contributed by atoms with E-state index in [1.54, 1.807) is 0 Å². The van der Waals surface area contributed by atoms with Crippen LogP contribution in [0.15, 0.2) is 0 Å². The van der Waals surface area contributed by atoms with Gasteiger partial charge >= 0.3 is 0 Å². The molecule has 1 aliphatic heterocycles. The normalized spacial score (nSPS) is 19.3. The van der Waals surface area contributed by atoms with Crippen LogP contribution in [0.25, 0.3) is 0 Å². The quantitative estimate of drug-likeness (QED) is 0.559. The predicted octanol–water partition coefficient (Wildman–Crippen LogP) is -0.394. The molecule has 108 valence electrons. The zero-order valence-electron chi connectivity index (χ0n) is 10.6. The molecule has 1 amide bonds. The molecule has 0 aliphatic carbocycles. The Balaban J connectivity index is 0.00000289. The van der Waals surface area contributed by atoms with Gasteiger partial charge in [-0.15, -0.1) is 12.4 Å². The van der Waals surface area contributed by atoms with Gasteiger partial charge in [-0.2, -0.15) is 0 Å². The van der Waals surface area contributed by atoms with Crippen LogP contribution in [0.5, 0.6) is 0 Å². The molecule has 0 saturated carbocycles. The summed E-state index contributed by atoms with van der Waals surface area (Å²) in [5, 5.41) is 6.04. The minimum absolute atomic E-state index is 0. The number of hydrogen-bond donors (Lipinski definition) is 3. The lowest BCUT2D eigenvalue weighted by molar-refractivity contribution is -0.121. The van der Waals surface area contributed by atoms with Crippen molar-refractivity contribution in [1.29, 1.82) is 0 Å². The van der Waals surface area contributed by atoms with Crippen LogP contribution in [-0.4, -0.2) is 46.3 Å². The highest BCUT2D eigenvalue weighted by atomic mass is 35.5. The fraction of sp³-hybridized carbons (Fsp3) is 0.900. The van der Waals surface area contributed by atoms with Crippen molar-refractivity contribution >= 4 is 28.3 Å². The smallest absolute Gasteiger partial charge is 0.221 e. The van der Waals surface area contributed by atoms with Gasteiger partial charge < -0.3 is 10.6 Å². The van der Waals surface area contributed by atoms with Crippen molar-refractivity contribution < 1.29 is 13.2 Å². The Morgan fingerprint density at radius 1 is 1.39 bits per heavy atom. The topological polar surface area (TPSA) is 87.3 Å². The molecule has 3 N–H and O–H groups in total. The minimum atomic E-state index is -3.12. The van der Waals surface area contributed by atoms with Crippen molar-refractivity contribution in [2.24, 2.45) is 0 Å². The average Bonchev–Trinajstić information content (AvgIpc) is 2.68. The first-order valence-electron chi connectivity index (χ1n) is 5.92. The SMILES string of the molecule is CS(=O)(=O)NCCCNC(=O)CC1CCCN1.Cl. The summed E-state index contributed by atoms with van der Waals surface area (Å²) in [5.74, 6) is 0.0313. The molecule has 1 heterocycles.